The predicted octanol–water partition coefficient (Wildman–Crippen LogP) is 2.12. The van der Waals surface area contributed by atoms with Gasteiger partial charge in [0.25, 0.3) is 0 Å². The van der Waals surface area contributed by atoms with Crippen LogP contribution in [0.1, 0.15) is 18.9 Å². The van der Waals surface area contributed by atoms with Crippen molar-refractivity contribution in [2.45, 2.75) is 19.5 Å². The number of halogens is 4. The number of anilines is 2. The van der Waals surface area contributed by atoms with E-state index in [1.165, 1.54) is 18.3 Å². The van der Waals surface area contributed by atoms with Crippen LogP contribution >= 0.6 is 0 Å². The molecule has 0 aliphatic heterocycles. The van der Waals surface area contributed by atoms with Crippen molar-refractivity contribution in [2.75, 3.05) is 24.1 Å². The zero-order chi connectivity index (χ0) is 25.0. The fraction of sp³-hybridized carbons (Fsp3) is 0.263. The molecule has 0 aromatic carbocycles. The molecule has 0 spiro atoms. The van der Waals surface area contributed by atoms with E-state index in [1.807, 2.05) is 0 Å². The number of nitrogens with zero attached hydrogens (tertiary/aromatic N) is 5. The molecule has 0 bridgehead atoms. The number of hydrogen-bond acceptors (Lipinski definition) is 7. The molecule has 3 aromatic heterocycles. The van der Waals surface area contributed by atoms with Crippen molar-refractivity contribution < 1.29 is 22.4 Å². The third-order valence-corrected chi connectivity index (χ3v) is 4.60. The number of hydrogen-bond donors (Lipinski definition) is 5. The van der Waals surface area contributed by atoms with E-state index in [0.29, 0.717) is 6.54 Å². The monoisotopic (exact) mass is 482 g/mol. The second-order valence-electron chi connectivity index (χ2n) is 7.03. The van der Waals surface area contributed by atoms with E-state index in [0.717, 1.165) is 21.8 Å². The number of amides is 2. The molecule has 0 unspecified atom stereocenters. The first-order chi connectivity index (χ1) is 16.0. The summed E-state index contributed by atoms with van der Waals surface area (Å²) < 4.78 is 55.2. The Balaban J connectivity index is 1.74. The summed E-state index contributed by atoms with van der Waals surface area (Å²) in [4.78, 5) is 19.6. The largest absolute Gasteiger partial charge is 0.419 e. The van der Waals surface area contributed by atoms with Crippen molar-refractivity contribution in [3.05, 3.63) is 42.1 Å². The van der Waals surface area contributed by atoms with E-state index in [9.17, 15) is 22.4 Å². The molecule has 0 saturated heterocycles. The molecule has 0 aliphatic rings. The molecule has 11 nitrogen and oxygen atoms in total. The number of nitrogen functional groups attached to an aromatic ring is 1. The van der Waals surface area contributed by atoms with Crippen molar-refractivity contribution in [1.29, 1.82) is 0 Å². The van der Waals surface area contributed by atoms with Gasteiger partial charge in [-0.1, -0.05) is 0 Å². The van der Waals surface area contributed by atoms with Gasteiger partial charge in [0, 0.05) is 36.5 Å². The molecule has 2 amide bonds. The molecule has 3 heterocycles. The van der Waals surface area contributed by atoms with Gasteiger partial charge >= 0.3 is 12.2 Å². The highest BCUT2D eigenvalue weighted by molar-refractivity contribution is 5.89. The Morgan fingerprint density at radius 3 is 2.71 bits per heavy atom. The lowest BCUT2D eigenvalue weighted by Gasteiger charge is -2.11. The average Bonchev–Trinajstić information content (AvgIpc) is 3.07. The number of imidazole rings is 1. The molecule has 3 aromatic rings. The molecule has 182 valence electrons. The number of urea groups is 1. The molecule has 15 heteroatoms. The van der Waals surface area contributed by atoms with Crippen LogP contribution in [0.15, 0.2) is 35.7 Å². The number of hydrazone groups is 1. The maximum atomic E-state index is 14.8. The van der Waals surface area contributed by atoms with Crippen molar-refractivity contribution in [1.82, 2.24) is 24.8 Å². The van der Waals surface area contributed by atoms with E-state index in [2.05, 4.69) is 25.7 Å². The molecule has 34 heavy (non-hydrogen) atoms. The standard InChI is InChI=1S/C19H22F4N10O/c1-2-33(26)31-13(24)5-6-27-18(34)30-17-15(20)32-9-10(3-4-14(32)29-17)11-7-12(19(21,22)23)16(25)28-8-11/h3-4,7-9H,2,5-6,26H2,1H3,(H2,24,31)(H2,25,28)(H2,27,30,34). The van der Waals surface area contributed by atoms with Gasteiger partial charge in [-0.3, -0.25) is 9.72 Å². The van der Waals surface area contributed by atoms with Crippen molar-refractivity contribution in [3.8, 4) is 11.1 Å². The first-order valence-corrected chi connectivity index (χ1v) is 9.90. The molecule has 0 aliphatic carbocycles. The van der Waals surface area contributed by atoms with Crippen LogP contribution in [0.4, 0.5) is 34.0 Å². The summed E-state index contributed by atoms with van der Waals surface area (Å²) in [5, 5.41) is 9.74. The van der Waals surface area contributed by atoms with Gasteiger partial charge in [0.15, 0.2) is 5.82 Å². The Morgan fingerprint density at radius 2 is 2.03 bits per heavy atom. The van der Waals surface area contributed by atoms with Gasteiger partial charge in [-0.25, -0.2) is 25.7 Å². The summed E-state index contributed by atoms with van der Waals surface area (Å²) >= 11 is 0. The van der Waals surface area contributed by atoms with Crippen LogP contribution in [0.3, 0.4) is 0 Å². The normalized spacial score (nSPS) is 12.1. The number of pyridine rings is 2. The van der Waals surface area contributed by atoms with Crippen LogP contribution in [-0.4, -0.2) is 44.4 Å². The summed E-state index contributed by atoms with van der Waals surface area (Å²) in [6.07, 6.45) is -2.12. The second-order valence-corrected chi connectivity index (χ2v) is 7.03. The highest BCUT2D eigenvalue weighted by Crippen LogP contribution is 2.35. The van der Waals surface area contributed by atoms with E-state index in [4.69, 9.17) is 17.3 Å². The number of fused-ring (bicyclic) bond motifs is 1. The quantitative estimate of drug-likeness (QED) is 0.113. The van der Waals surface area contributed by atoms with Gasteiger partial charge in [-0.15, -0.1) is 5.10 Å². The first kappa shape index (κ1) is 24.5. The van der Waals surface area contributed by atoms with Crippen LogP contribution in [0, 0.1) is 5.95 Å². The molecule has 0 atom stereocenters. The van der Waals surface area contributed by atoms with Gasteiger partial charge in [0.05, 0.1) is 12.1 Å². The Hall–Kier alpha value is -4.14. The highest BCUT2D eigenvalue weighted by atomic mass is 19.4. The minimum Gasteiger partial charge on any atom is -0.386 e. The third kappa shape index (κ3) is 5.61. The van der Waals surface area contributed by atoms with E-state index >= 15 is 0 Å². The molecular weight excluding hydrogens is 460 g/mol. The second kappa shape index (κ2) is 9.78. The third-order valence-electron chi connectivity index (χ3n) is 4.60. The maximum absolute atomic E-state index is 14.8. The predicted molar refractivity (Wildman–Crippen MR) is 118 cm³/mol. The van der Waals surface area contributed by atoms with Gasteiger partial charge in [0.1, 0.15) is 17.3 Å². The summed E-state index contributed by atoms with van der Waals surface area (Å²) in [5.74, 6) is 3.73. The van der Waals surface area contributed by atoms with Crippen molar-refractivity contribution >= 4 is 29.1 Å². The Labute approximate surface area is 190 Å². The zero-order valence-electron chi connectivity index (χ0n) is 17.9. The van der Waals surface area contributed by atoms with Crippen LogP contribution in [-0.2, 0) is 6.18 Å². The fourth-order valence-electron chi connectivity index (χ4n) is 2.87. The number of alkyl halides is 3. The minimum atomic E-state index is -4.70. The van der Waals surface area contributed by atoms with Crippen LogP contribution in [0.25, 0.3) is 16.8 Å². The summed E-state index contributed by atoms with van der Waals surface area (Å²) in [6.45, 7) is 2.33. The fourth-order valence-corrected chi connectivity index (χ4v) is 2.87. The number of amidine groups is 1. The lowest BCUT2D eigenvalue weighted by molar-refractivity contribution is -0.137. The minimum absolute atomic E-state index is 0.0714. The van der Waals surface area contributed by atoms with Gasteiger partial charge in [-0.05, 0) is 25.1 Å². The van der Waals surface area contributed by atoms with Crippen molar-refractivity contribution in [3.63, 3.8) is 0 Å². The summed E-state index contributed by atoms with van der Waals surface area (Å²) in [6, 6.07) is 2.91. The van der Waals surface area contributed by atoms with Crippen LogP contribution < -0.4 is 27.9 Å². The smallest absolute Gasteiger partial charge is 0.386 e. The van der Waals surface area contributed by atoms with Gasteiger partial charge < -0.3 is 16.8 Å². The molecule has 0 fully saturated rings. The summed E-state index contributed by atoms with van der Waals surface area (Å²) in [5.41, 5.74) is 10.3. The van der Waals surface area contributed by atoms with Crippen LogP contribution in [0.5, 0.6) is 0 Å². The number of nitrogens with one attached hydrogen (secondary N) is 2. The Bertz CT molecular complexity index is 1220. The molecule has 0 radical (unpaired) electrons. The highest BCUT2D eigenvalue weighted by Gasteiger charge is 2.34. The molecule has 8 N–H and O–H groups in total. The zero-order valence-corrected chi connectivity index (χ0v) is 17.9. The number of rotatable bonds is 7. The average molecular weight is 482 g/mol. The van der Waals surface area contributed by atoms with Gasteiger partial charge in [-0.2, -0.15) is 17.6 Å². The Kier molecular flexibility index (Phi) is 7.05. The van der Waals surface area contributed by atoms with Crippen molar-refractivity contribution in [2.24, 2.45) is 16.7 Å². The number of carbonyl (C=O) groups excluding carboxylic acids is 1. The SMILES string of the molecule is CCN(N)/N=C(\N)CCNC(=O)Nc1nc2ccc(-c3cnc(N)c(C(F)(F)F)c3)cn2c1F. The molecule has 0 saturated carbocycles. The number of hydrazine groups is 1. The first-order valence-electron chi connectivity index (χ1n) is 9.90. The number of nitrogens with two attached hydrogens (primary N) is 3. The number of aromatic nitrogens is 3. The Morgan fingerprint density at radius 1 is 1.29 bits per heavy atom. The number of carbonyl (C=O) groups is 1. The maximum Gasteiger partial charge on any atom is 0.419 e. The van der Waals surface area contributed by atoms with Crippen LogP contribution in [0.2, 0.25) is 0 Å². The van der Waals surface area contributed by atoms with E-state index < -0.39 is 29.5 Å². The molecule has 3 rings (SSSR count). The van der Waals surface area contributed by atoms with E-state index in [1.54, 1.807) is 6.92 Å². The lowest BCUT2D eigenvalue weighted by Crippen LogP contribution is -2.34. The van der Waals surface area contributed by atoms with E-state index in [-0.39, 0.29) is 41.4 Å². The van der Waals surface area contributed by atoms with Gasteiger partial charge in [0.2, 0.25) is 5.95 Å². The lowest BCUT2D eigenvalue weighted by atomic mass is 10.1. The molecular formula is C19H22F4N10O. The topological polar surface area (TPSA) is 165 Å². The summed E-state index contributed by atoms with van der Waals surface area (Å²) in [7, 11) is 0.